The van der Waals surface area contributed by atoms with Crippen molar-refractivity contribution >= 4 is 13.5 Å². The third-order valence-corrected chi connectivity index (χ3v) is 4.66. The Labute approximate surface area is 117 Å². The van der Waals surface area contributed by atoms with Gasteiger partial charge in [0, 0.05) is 6.61 Å². The fourth-order valence-corrected chi connectivity index (χ4v) is 3.77. The van der Waals surface area contributed by atoms with Gasteiger partial charge in [0.1, 0.15) is 6.04 Å². The SMILES string of the molecule is O=C(O)C(NP(=O)(O)Cc1ccccc1)C1CCCO1. The third kappa shape index (κ3) is 4.15. The van der Waals surface area contributed by atoms with Crippen molar-refractivity contribution < 1.29 is 24.1 Å². The highest BCUT2D eigenvalue weighted by atomic mass is 31.2. The lowest BCUT2D eigenvalue weighted by molar-refractivity contribution is -0.142. The van der Waals surface area contributed by atoms with Gasteiger partial charge in [-0.1, -0.05) is 30.3 Å². The van der Waals surface area contributed by atoms with Crippen LogP contribution in [0.2, 0.25) is 0 Å². The van der Waals surface area contributed by atoms with Crippen molar-refractivity contribution in [2.75, 3.05) is 6.61 Å². The summed E-state index contributed by atoms with van der Waals surface area (Å²) in [5.74, 6) is -1.17. The molecule has 1 aliphatic heterocycles. The molecule has 1 aliphatic rings. The number of benzene rings is 1. The van der Waals surface area contributed by atoms with Gasteiger partial charge in [-0.25, -0.2) is 5.09 Å². The van der Waals surface area contributed by atoms with Crippen molar-refractivity contribution in [3.05, 3.63) is 35.9 Å². The first-order valence-corrected chi connectivity index (χ1v) is 8.30. The van der Waals surface area contributed by atoms with E-state index in [0.717, 1.165) is 6.42 Å². The lowest BCUT2D eigenvalue weighted by Crippen LogP contribution is -2.44. The van der Waals surface area contributed by atoms with Crippen LogP contribution in [-0.2, 0) is 20.3 Å². The summed E-state index contributed by atoms with van der Waals surface area (Å²) in [5.41, 5.74) is 0.683. The van der Waals surface area contributed by atoms with E-state index in [9.17, 15) is 19.4 Å². The molecule has 1 saturated heterocycles. The van der Waals surface area contributed by atoms with Gasteiger partial charge in [0.15, 0.2) is 0 Å². The van der Waals surface area contributed by atoms with Crippen LogP contribution in [0.25, 0.3) is 0 Å². The van der Waals surface area contributed by atoms with Gasteiger partial charge in [-0.3, -0.25) is 9.36 Å². The van der Waals surface area contributed by atoms with E-state index in [1.165, 1.54) is 0 Å². The highest BCUT2D eigenvalue weighted by molar-refractivity contribution is 7.55. The number of hydrogen-bond donors (Lipinski definition) is 3. The van der Waals surface area contributed by atoms with Gasteiger partial charge in [0.05, 0.1) is 12.3 Å². The number of aliphatic carboxylic acids is 1. The summed E-state index contributed by atoms with van der Waals surface area (Å²) in [6.45, 7) is 0.491. The highest BCUT2D eigenvalue weighted by Crippen LogP contribution is 2.41. The largest absolute Gasteiger partial charge is 0.480 e. The first-order valence-electron chi connectivity index (χ1n) is 6.46. The first kappa shape index (κ1) is 15.2. The molecule has 0 aromatic heterocycles. The zero-order valence-corrected chi connectivity index (χ0v) is 11.8. The maximum absolute atomic E-state index is 12.2. The van der Waals surface area contributed by atoms with Crippen molar-refractivity contribution in [1.29, 1.82) is 0 Å². The Morgan fingerprint density at radius 3 is 2.70 bits per heavy atom. The molecular formula is C13H18NO5P. The molecule has 1 aromatic rings. The van der Waals surface area contributed by atoms with Crippen molar-refractivity contribution in [3.8, 4) is 0 Å². The van der Waals surface area contributed by atoms with Crippen LogP contribution in [0.3, 0.4) is 0 Å². The van der Waals surface area contributed by atoms with Crippen LogP contribution in [0, 0.1) is 0 Å². The fourth-order valence-electron chi connectivity index (χ4n) is 2.26. The Balaban J connectivity index is 2.04. The van der Waals surface area contributed by atoms with Crippen LogP contribution in [0.1, 0.15) is 18.4 Å². The first-order chi connectivity index (χ1) is 9.48. The normalized spacial score (nSPS) is 23.1. The summed E-state index contributed by atoms with van der Waals surface area (Å²) in [6.07, 6.45) is 0.688. The molecule has 1 heterocycles. The number of carboxylic acids is 1. The molecule has 0 amide bonds. The molecule has 6 nitrogen and oxygen atoms in total. The number of carboxylic acid groups (broad SMARTS) is 1. The Morgan fingerprint density at radius 2 is 2.15 bits per heavy atom. The zero-order valence-electron chi connectivity index (χ0n) is 10.9. The van der Waals surface area contributed by atoms with Gasteiger partial charge in [-0.05, 0) is 18.4 Å². The molecule has 3 N–H and O–H groups in total. The lowest BCUT2D eigenvalue weighted by atomic mass is 10.1. The maximum atomic E-state index is 12.2. The van der Waals surface area contributed by atoms with Crippen LogP contribution in [0.15, 0.2) is 30.3 Å². The molecule has 0 saturated carbocycles. The van der Waals surface area contributed by atoms with Crippen LogP contribution in [0.5, 0.6) is 0 Å². The second-order valence-electron chi connectivity index (χ2n) is 4.84. The quantitative estimate of drug-likeness (QED) is 0.690. The molecule has 7 heteroatoms. The number of rotatable bonds is 6. The van der Waals surface area contributed by atoms with Crippen molar-refractivity contribution in [2.24, 2.45) is 0 Å². The summed E-state index contributed by atoms with van der Waals surface area (Å²) in [5, 5.41) is 11.6. The van der Waals surface area contributed by atoms with E-state index in [-0.39, 0.29) is 6.16 Å². The number of carbonyl (C=O) groups is 1. The number of hydrogen-bond acceptors (Lipinski definition) is 3. The highest BCUT2D eigenvalue weighted by Gasteiger charge is 2.36. The van der Waals surface area contributed by atoms with E-state index in [2.05, 4.69) is 5.09 Å². The Bertz CT molecular complexity index is 501. The Morgan fingerprint density at radius 1 is 1.45 bits per heavy atom. The summed E-state index contributed by atoms with van der Waals surface area (Å²) in [7, 11) is -3.79. The lowest BCUT2D eigenvalue weighted by Gasteiger charge is -2.23. The van der Waals surface area contributed by atoms with E-state index in [4.69, 9.17) is 4.74 Å². The minimum atomic E-state index is -3.79. The van der Waals surface area contributed by atoms with E-state index in [1.54, 1.807) is 24.3 Å². The maximum Gasteiger partial charge on any atom is 0.323 e. The van der Waals surface area contributed by atoms with E-state index in [0.29, 0.717) is 18.6 Å². The number of ether oxygens (including phenoxy) is 1. The molecule has 0 spiro atoms. The molecular weight excluding hydrogens is 281 g/mol. The van der Waals surface area contributed by atoms with E-state index >= 15 is 0 Å². The van der Waals surface area contributed by atoms with Gasteiger partial charge in [-0.2, -0.15) is 0 Å². The molecule has 20 heavy (non-hydrogen) atoms. The molecule has 0 radical (unpaired) electrons. The standard InChI is InChI=1S/C13H18NO5P/c15-13(16)12(11-7-4-8-19-11)14-20(17,18)9-10-5-2-1-3-6-10/h1-3,5-6,11-12H,4,7-9H2,(H,15,16)(H2,14,17,18). The van der Waals surface area contributed by atoms with E-state index < -0.39 is 25.6 Å². The van der Waals surface area contributed by atoms with Crippen LogP contribution < -0.4 is 5.09 Å². The van der Waals surface area contributed by atoms with Gasteiger partial charge < -0.3 is 14.7 Å². The summed E-state index contributed by atoms with van der Waals surface area (Å²) in [6, 6.07) is 7.65. The summed E-state index contributed by atoms with van der Waals surface area (Å²) >= 11 is 0. The zero-order chi connectivity index (χ0) is 14.6. The summed E-state index contributed by atoms with van der Waals surface area (Å²) in [4.78, 5) is 21.2. The minimum Gasteiger partial charge on any atom is -0.480 e. The molecule has 3 atom stereocenters. The van der Waals surface area contributed by atoms with Crippen molar-refractivity contribution in [1.82, 2.24) is 5.09 Å². The second kappa shape index (κ2) is 6.50. The second-order valence-corrected chi connectivity index (χ2v) is 6.82. The number of nitrogens with one attached hydrogen (secondary N) is 1. The molecule has 1 aromatic carbocycles. The Hall–Kier alpha value is -1.20. The van der Waals surface area contributed by atoms with E-state index in [1.807, 2.05) is 6.07 Å². The summed E-state index contributed by atoms with van der Waals surface area (Å²) < 4.78 is 17.5. The van der Waals surface area contributed by atoms with Crippen LogP contribution in [-0.4, -0.2) is 34.7 Å². The molecule has 1 fully saturated rings. The van der Waals surface area contributed by atoms with Crippen molar-refractivity contribution in [2.45, 2.75) is 31.1 Å². The Kier molecular flexibility index (Phi) is 4.94. The monoisotopic (exact) mass is 299 g/mol. The fraction of sp³-hybridized carbons (Fsp3) is 0.462. The predicted octanol–water partition coefficient (Wildman–Crippen LogP) is 1.59. The van der Waals surface area contributed by atoms with Crippen LogP contribution >= 0.6 is 7.52 Å². The minimum absolute atomic E-state index is 0.107. The predicted molar refractivity (Wildman–Crippen MR) is 73.5 cm³/mol. The van der Waals surface area contributed by atoms with Crippen LogP contribution in [0.4, 0.5) is 0 Å². The third-order valence-electron chi connectivity index (χ3n) is 3.18. The molecule has 2 rings (SSSR count). The van der Waals surface area contributed by atoms with Gasteiger partial charge in [0.25, 0.3) is 7.52 Å². The van der Waals surface area contributed by atoms with Crippen molar-refractivity contribution in [3.63, 3.8) is 0 Å². The average Bonchev–Trinajstić information content (AvgIpc) is 2.90. The van der Waals surface area contributed by atoms with Gasteiger partial charge in [-0.15, -0.1) is 0 Å². The average molecular weight is 299 g/mol. The molecule has 3 unspecified atom stereocenters. The van der Waals surface area contributed by atoms with Gasteiger partial charge in [0.2, 0.25) is 0 Å². The van der Waals surface area contributed by atoms with Gasteiger partial charge >= 0.3 is 5.97 Å². The molecule has 0 bridgehead atoms. The smallest absolute Gasteiger partial charge is 0.323 e. The molecule has 0 aliphatic carbocycles. The molecule has 110 valence electrons. The topological polar surface area (TPSA) is 95.9 Å².